The zero-order valence-electron chi connectivity index (χ0n) is 16.6. The van der Waals surface area contributed by atoms with E-state index in [1.165, 1.54) is 64.2 Å². The molecule has 1 aliphatic heterocycles. The zero-order chi connectivity index (χ0) is 18.2. The van der Waals surface area contributed by atoms with Gasteiger partial charge in [0.2, 0.25) is 11.8 Å². The van der Waals surface area contributed by atoms with Crippen molar-refractivity contribution in [2.45, 2.75) is 89.9 Å². The van der Waals surface area contributed by atoms with Crippen LogP contribution in [0.3, 0.4) is 0 Å². The molecule has 0 aromatic carbocycles. The predicted octanol–water partition coefficient (Wildman–Crippen LogP) is 4.38. The fourth-order valence-electron chi connectivity index (χ4n) is 5.07. The van der Waals surface area contributed by atoms with E-state index >= 15 is 0 Å². The number of carbonyl (C=O) groups is 2. The molecule has 0 aromatic heterocycles. The lowest BCUT2D eigenvalue weighted by Crippen LogP contribution is -2.53. The Balaban J connectivity index is 1.46. The molecule has 3 aliphatic rings. The van der Waals surface area contributed by atoms with Crippen LogP contribution in [-0.4, -0.2) is 47.8 Å². The highest BCUT2D eigenvalue weighted by Gasteiger charge is 2.31. The summed E-state index contributed by atoms with van der Waals surface area (Å²) in [5.41, 5.74) is 0. The molecule has 0 spiro atoms. The SMILES string of the molecule is O=C(C1CCCCCCC1)N1CCN(C(=O)C2CCCCCCC2)CC1. The summed E-state index contributed by atoms with van der Waals surface area (Å²) < 4.78 is 0. The molecule has 1 heterocycles. The van der Waals surface area contributed by atoms with E-state index in [4.69, 9.17) is 0 Å². The van der Waals surface area contributed by atoms with Crippen molar-refractivity contribution in [2.24, 2.45) is 11.8 Å². The van der Waals surface area contributed by atoms with Gasteiger partial charge in [-0.3, -0.25) is 9.59 Å². The highest BCUT2D eigenvalue weighted by Crippen LogP contribution is 2.26. The van der Waals surface area contributed by atoms with E-state index in [2.05, 4.69) is 0 Å². The van der Waals surface area contributed by atoms with Crippen LogP contribution in [0.5, 0.6) is 0 Å². The Morgan fingerprint density at radius 3 is 1.04 bits per heavy atom. The van der Waals surface area contributed by atoms with Crippen molar-refractivity contribution in [1.82, 2.24) is 9.80 Å². The standard InChI is InChI=1S/C22H38N2O2/c25-21(19-11-7-3-1-4-8-12-19)23-15-17-24(18-16-23)22(26)20-13-9-5-2-6-10-14-20/h19-20H,1-18H2. The lowest BCUT2D eigenvalue weighted by atomic mass is 9.89. The van der Waals surface area contributed by atoms with Crippen molar-refractivity contribution in [1.29, 1.82) is 0 Å². The van der Waals surface area contributed by atoms with Crippen molar-refractivity contribution in [3.63, 3.8) is 0 Å². The Hall–Kier alpha value is -1.06. The summed E-state index contributed by atoms with van der Waals surface area (Å²) in [5, 5.41) is 0. The van der Waals surface area contributed by atoms with Crippen molar-refractivity contribution in [3.05, 3.63) is 0 Å². The molecule has 0 bridgehead atoms. The minimum absolute atomic E-state index is 0.239. The van der Waals surface area contributed by atoms with E-state index in [1.807, 2.05) is 9.80 Å². The monoisotopic (exact) mass is 362 g/mol. The summed E-state index contributed by atoms with van der Waals surface area (Å²) in [6, 6.07) is 0. The maximum Gasteiger partial charge on any atom is 0.225 e. The van der Waals surface area contributed by atoms with Crippen LogP contribution in [0.1, 0.15) is 89.9 Å². The second kappa shape index (κ2) is 10.3. The van der Waals surface area contributed by atoms with Crippen molar-refractivity contribution >= 4 is 11.8 Å². The van der Waals surface area contributed by atoms with E-state index in [1.54, 1.807) is 0 Å². The molecule has 3 fully saturated rings. The van der Waals surface area contributed by atoms with E-state index in [0.717, 1.165) is 51.9 Å². The zero-order valence-corrected chi connectivity index (χ0v) is 16.6. The quantitative estimate of drug-likeness (QED) is 0.731. The smallest absolute Gasteiger partial charge is 0.225 e. The summed E-state index contributed by atoms with van der Waals surface area (Å²) in [7, 11) is 0. The van der Waals surface area contributed by atoms with Crippen LogP contribution in [0.2, 0.25) is 0 Å². The first kappa shape index (κ1) is 19.7. The molecule has 2 aliphatic carbocycles. The number of hydrogen-bond acceptors (Lipinski definition) is 2. The Bertz CT molecular complexity index is 399. The van der Waals surface area contributed by atoms with Crippen LogP contribution in [0.4, 0.5) is 0 Å². The van der Waals surface area contributed by atoms with Crippen LogP contribution in [-0.2, 0) is 9.59 Å². The first-order valence-corrected chi connectivity index (χ1v) is 11.3. The van der Waals surface area contributed by atoms with Gasteiger partial charge >= 0.3 is 0 Å². The average molecular weight is 363 g/mol. The van der Waals surface area contributed by atoms with Gasteiger partial charge in [-0.1, -0.05) is 64.2 Å². The maximum atomic E-state index is 12.9. The molecule has 148 valence electrons. The number of carbonyl (C=O) groups excluding carboxylic acids is 2. The van der Waals surface area contributed by atoms with Crippen molar-refractivity contribution in [2.75, 3.05) is 26.2 Å². The van der Waals surface area contributed by atoms with Gasteiger partial charge in [-0.2, -0.15) is 0 Å². The summed E-state index contributed by atoms with van der Waals surface area (Å²) >= 11 is 0. The van der Waals surface area contributed by atoms with Gasteiger partial charge in [0, 0.05) is 38.0 Å². The highest BCUT2D eigenvalue weighted by molar-refractivity contribution is 5.81. The van der Waals surface area contributed by atoms with E-state index in [9.17, 15) is 9.59 Å². The van der Waals surface area contributed by atoms with Crippen LogP contribution in [0.25, 0.3) is 0 Å². The normalized spacial score (nSPS) is 25.1. The Labute approximate surface area is 159 Å². The molecule has 26 heavy (non-hydrogen) atoms. The average Bonchev–Trinajstić information content (AvgIpc) is 2.60. The number of rotatable bonds is 2. The minimum Gasteiger partial charge on any atom is -0.339 e. The number of hydrogen-bond donors (Lipinski definition) is 0. The molecule has 2 saturated carbocycles. The summed E-state index contributed by atoms with van der Waals surface area (Å²) in [6.07, 6.45) is 16.9. The van der Waals surface area contributed by atoms with Gasteiger partial charge < -0.3 is 9.80 Å². The number of amides is 2. The molecular formula is C22H38N2O2. The molecule has 0 radical (unpaired) electrons. The van der Waals surface area contributed by atoms with E-state index in [-0.39, 0.29) is 11.8 Å². The van der Waals surface area contributed by atoms with Gasteiger partial charge in [0.05, 0.1) is 0 Å². The largest absolute Gasteiger partial charge is 0.339 e. The van der Waals surface area contributed by atoms with E-state index in [0.29, 0.717) is 11.8 Å². The molecule has 4 heteroatoms. The van der Waals surface area contributed by atoms with Crippen LogP contribution >= 0.6 is 0 Å². The van der Waals surface area contributed by atoms with Crippen LogP contribution < -0.4 is 0 Å². The molecule has 3 rings (SSSR count). The van der Waals surface area contributed by atoms with Crippen LogP contribution in [0.15, 0.2) is 0 Å². The topological polar surface area (TPSA) is 40.6 Å². The Morgan fingerprint density at radius 1 is 0.462 bits per heavy atom. The molecule has 1 saturated heterocycles. The first-order chi connectivity index (χ1) is 12.8. The molecule has 4 nitrogen and oxygen atoms in total. The Morgan fingerprint density at radius 2 is 0.731 bits per heavy atom. The third kappa shape index (κ3) is 5.47. The highest BCUT2D eigenvalue weighted by atomic mass is 16.2. The molecular weight excluding hydrogens is 324 g/mol. The van der Waals surface area contributed by atoms with Gasteiger partial charge in [-0.05, 0) is 25.7 Å². The molecule has 0 unspecified atom stereocenters. The number of piperazine rings is 1. The second-order valence-electron chi connectivity index (χ2n) is 8.73. The van der Waals surface area contributed by atoms with Gasteiger partial charge in [0.1, 0.15) is 0 Å². The van der Waals surface area contributed by atoms with Crippen molar-refractivity contribution in [3.8, 4) is 0 Å². The second-order valence-corrected chi connectivity index (χ2v) is 8.73. The third-order valence-corrected chi connectivity index (χ3v) is 6.81. The summed E-state index contributed by atoms with van der Waals surface area (Å²) in [5.74, 6) is 1.21. The lowest BCUT2D eigenvalue weighted by Gasteiger charge is -2.38. The lowest BCUT2D eigenvalue weighted by molar-refractivity contribution is -0.144. The van der Waals surface area contributed by atoms with Gasteiger partial charge in [0.15, 0.2) is 0 Å². The van der Waals surface area contributed by atoms with Gasteiger partial charge in [-0.25, -0.2) is 0 Å². The maximum absolute atomic E-state index is 12.9. The summed E-state index contributed by atoms with van der Waals surface area (Å²) in [6.45, 7) is 2.98. The molecule has 0 atom stereocenters. The predicted molar refractivity (Wildman–Crippen MR) is 105 cm³/mol. The summed E-state index contributed by atoms with van der Waals surface area (Å²) in [4.78, 5) is 29.9. The molecule has 0 N–H and O–H groups in total. The van der Waals surface area contributed by atoms with Crippen LogP contribution in [0, 0.1) is 11.8 Å². The minimum atomic E-state index is 0.239. The van der Waals surface area contributed by atoms with Crippen molar-refractivity contribution < 1.29 is 9.59 Å². The first-order valence-electron chi connectivity index (χ1n) is 11.3. The fraction of sp³-hybridized carbons (Fsp3) is 0.909. The molecule has 2 amide bonds. The Kier molecular flexibility index (Phi) is 7.82. The fourth-order valence-corrected chi connectivity index (χ4v) is 5.07. The molecule has 0 aromatic rings. The number of nitrogens with zero attached hydrogens (tertiary/aromatic N) is 2. The van der Waals surface area contributed by atoms with E-state index < -0.39 is 0 Å². The van der Waals surface area contributed by atoms with Gasteiger partial charge in [0.25, 0.3) is 0 Å². The van der Waals surface area contributed by atoms with Gasteiger partial charge in [-0.15, -0.1) is 0 Å². The third-order valence-electron chi connectivity index (χ3n) is 6.81.